The van der Waals surface area contributed by atoms with Crippen molar-refractivity contribution in [1.29, 1.82) is 0 Å². The molecule has 31 heavy (non-hydrogen) atoms. The molecule has 1 N–H and O–H groups in total. The van der Waals surface area contributed by atoms with Crippen LogP contribution in [0.3, 0.4) is 0 Å². The van der Waals surface area contributed by atoms with Crippen molar-refractivity contribution in [3.63, 3.8) is 0 Å². The van der Waals surface area contributed by atoms with Crippen LogP contribution in [0.4, 0.5) is 17.1 Å². The van der Waals surface area contributed by atoms with Crippen LogP contribution >= 0.6 is 0 Å². The molecule has 0 bridgehead atoms. The lowest BCUT2D eigenvalue weighted by atomic mass is 9.85. The van der Waals surface area contributed by atoms with Gasteiger partial charge in [0.25, 0.3) is 5.69 Å². The SMILES string of the molecule is O=C1[C@@H]2CC=CC[C@H]2C(=O)N1c1ccc(N[C@@H]2CCCc3ccccc32)c([N+](=O)[O-])c1. The summed E-state index contributed by atoms with van der Waals surface area (Å²) in [5.41, 5.74) is 2.96. The number of carbonyl (C=O) groups excluding carboxylic acids is 2. The van der Waals surface area contributed by atoms with Crippen molar-refractivity contribution in [3.8, 4) is 0 Å². The van der Waals surface area contributed by atoms with E-state index in [9.17, 15) is 19.7 Å². The number of nitro benzene ring substituents is 1. The molecule has 1 heterocycles. The summed E-state index contributed by atoms with van der Waals surface area (Å²) >= 11 is 0. The summed E-state index contributed by atoms with van der Waals surface area (Å²) in [6.07, 6.45) is 7.82. The minimum Gasteiger partial charge on any atom is -0.373 e. The van der Waals surface area contributed by atoms with E-state index in [2.05, 4.69) is 17.4 Å². The number of nitro groups is 1. The molecule has 0 unspecified atom stereocenters. The normalized spacial score (nSPS) is 24.6. The van der Waals surface area contributed by atoms with E-state index < -0.39 is 4.92 Å². The first-order valence-electron chi connectivity index (χ1n) is 10.7. The van der Waals surface area contributed by atoms with Crippen molar-refractivity contribution in [1.82, 2.24) is 0 Å². The van der Waals surface area contributed by atoms with Crippen molar-refractivity contribution in [3.05, 3.63) is 75.9 Å². The Balaban J connectivity index is 1.46. The van der Waals surface area contributed by atoms with E-state index in [-0.39, 0.29) is 41.1 Å². The van der Waals surface area contributed by atoms with Gasteiger partial charge in [0, 0.05) is 6.07 Å². The van der Waals surface area contributed by atoms with Crippen LogP contribution in [0.25, 0.3) is 0 Å². The summed E-state index contributed by atoms with van der Waals surface area (Å²) in [5, 5.41) is 15.2. The number of aryl methyl sites for hydroxylation is 1. The molecule has 7 nitrogen and oxygen atoms in total. The predicted octanol–water partition coefficient (Wildman–Crippen LogP) is 4.54. The lowest BCUT2D eigenvalue weighted by Crippen LogP contribution is -2.31. The Morgan fingerprint density at radius 1 is 1.00 bits per heavy atom. The van der Waals surface area contributed by atoms with Gasteiger partial charge in [-0.25, -0.2) is 4.90 Å². The number of fused-ring (bicyclic) bond motifs is 2. The molecule has 7 heteroatoms. The number of anilines is 2. The van der Waals surface area contributed by atoms with Gasteiger partial charge in [-0.3, -0.25) is 19.7 Å². The fraction of sp³-hybridized carbons (Fsp3) is 0.333. The van der Waals surface area contributed by atoms with Crippen molar-refractivity contribution < 1.29 is 14.5 Å². The monoisotopic (exact) mass is 417 g/mol. The molecule has 0 saturated carbocycles. The zero-order valence-corrected chi connectivity index (χ0v) is 17.0. The first-order chi connectivity index (χ1) is 15.0. The fourth-order valence-electron chi connectivity index (χ4n) is 5.08. The molecule has 3 aliphatic rings. The molecule has 158 valence electrons. The molecular formula is C24H23N3O4. The number of imide groups is 1. The number of carbonyl (C=O) groups is 2. The third-order valence-corrected chi connectivity index (χ3v) is 6.64. The molecule has 2 aliphatic carbocycles. The Bertz CT molecular complexity index is 1080. The molecule has 2 aromatic rings. The van der Waals surface area contributed by atoms with Gasteiger partial charge in [0.2, 0.25) is 11.8 Å². The van der Waals surface area contributed by atoms with Gasteiger partial charge >= 0.3 is 0 Å². The Morgan fingerprint density at radius 3 is 2.42 bits per heavy atom. The van der Waals surface area contributed by atoms with Crippen LogP contribution in [0.2, 0.25) is 0 Å². The van der Waals surface area contributed by atoms with Crippen LogP contribution in [0.1, 0.15) is 42.9 Å². The molecule has 2 amide bonds. The average molecular weight is 417 g/mol. The van der Waals surface area contributed by atoms with Crippen molar-refractivity contribution in [2.24, 2.45) is 11.8 Å². The van der Waals surface area contributed by atoms with E-state index in [1.54, 1.807) is 12.1 Å². The smallest absolute Gasteiger partial charge is 0.294 e. The van der Waals surface area contributed by atoms with E-state index in [0.29, 0.717) is 18.5 Å². The molecule has 5 rings (SSSR count). The van der Waals surface area contributed by atoms with Gasteiger partial charge in [0.1, 0.15) is 5.69 Å². The second-order valence-corrected chi connectivity index (χ2v) is 8.41. The lowest BCUT2D eigenvalue weighted by Gasteiger charge is -2.27. The minimum absolute atomic E-state index is 0.0153. The number of allylic oxidation sites excluding steroid dienone is 2. The molecule has 1 fully saturated rings. The molecule has 2 aromatic carbocycles. The third kappa shape index (κ3) is 3.30. The quantitative estimate of drug-likeness (QED) is 0.341. The number of hydrogen-bond donors (Lipinski definition) is 1. The maximum atomic E-state index is 12.9. The molecule has 0 spiro atoms. The first kappa shape index (κ1) is 19.5. The van der Waals surface area contributed by atoms with Crippen molar-refractivity contribution in [2.75, 3.05) is 10.2 Å². The summed E-state index contributed by atoms with van der Waals surface area (Å²) in [4.78, 5) is 38.2. The van der Waals surface area contributed by atoms with Crippen LogP contribution in [0, 0.1) is 22.0 Å². The van der Waals surface area contributed by atoms with E-state index in [4.69, 9.17) is 0 Å². The van der Waals surface area contributed by atoms with Crippen LogP contribution in [-0.4, -0.2) is 16.7 Å². The van der Waals surface area contributed by atoms with E-state index in [1.165, 1.54) is 11.6 Å². The highest BCUT2D eigenvalue weighted by Gasteiger charge is 2.48. The van der Waals surface area contributed by atoms with E-state index in [0.717, 1.165) is 29.7 Å². The highest BCUT2D eigenvalue weighted by atomic mass is 16.6. The maximum absolute atomic E-state index is 12.9. The average Bonchev–Trinajstić information content (AvgIpc) is 3.04. The number of nitrogens with zero attached hydrogens (tertiary/aromatic N) is 2. The topological polar surface area (TPSA) is 92.6 Å². The maximum Gasteiger partial charge on any atom is 0.294 e. The number of benzene rings is 2. The Kier molecular flexibility index (Phi) is 4.81. The van der Waals surface area contributed by atoms with Gasteiger partial charge in [-0.2, -0.15) is 0 Å². The van der Waals surface area contributed by atoms with Gasteiger partial charge < -0.3 is 5.32 Å². The second kappa shape index (κ2) is 7.65. The molecule has 1 aliphatic heterocycles. The van der Waals surface area contributed by atoms with Crippen LogP contribution in [0.15, 0.2) is 54.6 Å². The Morgan fingerprint density at radius 2 is 1.71 bits per heavy atom. The van der Waals surface area contributed by atoms with Crippen LogP contribution in [0.5, 0.6) is 0 Å². The number of rotatable bonds is 4. The van der Waals surface area contributed by atoms with Gasteiger partial charge in [0.15, 0.2) is 0 Å². The molecular weight excluding hydrogens is 394 g/mol. The minimum atomic E-state index is -0.458. The zero-order chi connectivity index (χ0) is 21.5. The molecule has 0 radical (unpaired) electrons. The molecule has 0 aromatic heterocycles. The van der Waals surface area contributed by atoms with E-state index >= 15 is 0 Å². The Hall–Kier alpha value is -3.48. The van der Waals surface area contributed by atoms with Gasteiger partial charge in [0.05, 0.1) is 28.5 Å². The highest BCUT2D eigenvalue weighted by Crippen LogP contribution is 2.41. The highest BCUT2D eigenvalue weighted by molar-refractivity contribution is 6.22. The van der Waals surface area contributed by atoms with Gasteiger partial charge in [-0.15, -0.1) is 0 Å². The van der Waals surface area contributed by atoms with Crippen LogP contribution < -0.4 is 10.2 Å². The predicted molar refractivity (Wildman–Crippen MR) is 117 cm³/mol. The second-order valence-electron chi connectivity index (χ2n) is 8.41. The largest absolute Gasteiger partial charge is 0.373 e. The zero-order valence-electron chi connectivity index (χ0n) is 17.0. The first-order valence-corrected chi connectivity index (χ1v) is 10.7. The van der Waals surface area contributed by atoms with Crippen molar-refractivity contribution >= 4 is 28.9 Å². The van der Waals surface area contributed by atoms with E-state index in [1.807, 2.05) is 24.3 Å². The fourth-order valence-corrected chi connectivity index (χ4v) is 5.08. The summed E-state index contributed by atoms with van der Waals surface area (Å²) in [6.45, 7) is 0. The van der Waals surface area contributed by atoms with Gasteiger partial charge in [-0.05, 0) is 55.4 Å². The summed E-state index contributed by atoms with van der Waals surface area (Å²) in [5.74, 6) is -1.27. The number of amides is 2. The number of nitrogens with one attached hydrogen (secondary N) is 1. The van der Waals surface area contributed by atoms with Crippen LogP contribution in [-0.2, 0) is 16.0 Å². The summed E-state index contributed by atoms with van der Waals surface area (Å²) in [6, 6.07) is 12.7. The Labute approximate surface area is 179 Å². The third-order valence-electron chi connectivity index (χ3n) is 6.64. The molecule has 3 atom stereocenters. The van der Waals surface area contributed by atoms with Gasteiger partial charge in [-0.1, -0.05) is 36.4 Å². The molecule has 1 saturated heterocycles. The summed E-state index contributed by atoms with van der Waals surface area (Å²) in [7, 11) is 0. The summed E-state index contributed by atoms with van der Waals surface area (Å²) < 4.78 is 0. The van der Waals surface area contributed by atoms with Crippen molar-refractivity contribution in [2.45, 2.75) is 38.1 Å². The lowest BCUT2D eigenvalue weighted by molar-refractivity contribution is -0.383. The standard InChI is InChI=1S/C24H23N3O4/c28-23-18-9-3-4-10-19(18)24(29)26(23)16-12-13-21(22(14-16)27(30)31)25-20-11-5-7-15-6-1-2-8-17(15)20/h1-4,6,8,12-14,18-20,25H,5,7,9-11H2/t18-,19-,20-/m1/s1. The number of hydrogen-bond acceptors (Lipinski definition) is 5.